The van der Waals surface area contributed by atoms with E-state index in [-0.39, 0.29) is 17.7 Å². The molecule has 2 aromatic carbocycles. The molecule has 1 aliphatic rings. The topological polar surface area (TPSA) is 72.9 Å². The molecule has 1 N–H and O–H groups in total. The number of methoxy groups -OCH3 is 2. The summed E-state index contributed by atoms with van der Waals surface area (Å²) in [5, 5.41) is 4.26. The molecule has 0 aliphatic carbocycles. The van der Waals surface area contributed by atoms with Gasteiger partial charge in [-0.1, -0.05) is 18.2 Å². The van der Waals surface area contributed by atoms with Crippen LogP contribution in [0.3, 0.4) is 0 Å². The van der Waals surface area contributed by atoms with Crippen LogP contribution in [0, 0.1) is 11.7 Å². The van der Waals surface area contributed by atoms with Gasteiger partial charge in [-0.15, -0.1) is 0 Å². The molecule has 35 heavy (non-hydrogen) atoms. The number of hydrogen-bond acceptors (Lipinski definition) is 7. The molecule has 1 unspecified atom stereocenters. The maximum absolute atomic E-state index is 14.1. The van der Waals surface area contributed by atoms with Crippen molar-refractivity contribution in [2.75, 3.05) is 38.8 Å². The minimum absolute atomic E-state index is 0.163. The lowest BCUT2D eigenvalue weighted by molar-refractivity contribution is -0.148. The quantitative estimate of drug-likeness (QED) is 0.453. The summed E-state index contributed by atoms with van der Waals surface area (Å²) in [5.41, 5.74) is 2.34. The fraction of sp³-hybridized carbons (Fsp3) is 0.407. The van der Waals surface area contributed by atoms with Gasteiger partial charge in [0.15, 0.2) is 11.5 Å². The molecule has 1 aromatic heterocycles. The van der Waals surface area contributed by atoms with Gasteiger partial charge in [-0.05, 0) is 38.0 Å². The number of ether oxygens (including phenoxy) is 3. The number of benzene rings is 2. The van der Waals surface area contributed by atoms with Crippen LogP contribution in [0.2, 0.25) is 0 Å². The number of fused-ring (bicyclic) bond motifs is 1. The molecule has 1 fully saturated rings. The van der Waals surface area contributed by atoms with Gasteiger partial charge in [0.1, 0.15) is 11.6 Å². The third-order valence-corrected chi connectivity index (χ3v) is 6.31. The van der Waals surface area contributed by atoms with Gasteiger partial charge in [0.2, 0.25) is 0 Å². The summed E-state index contributed by atoms with van der Waals surface area (Å²) in [6.07, 6.45) is 1.67. The Bertz CT molecular complexity index is 1190. The van der Waals surface area contributed by atoms with Crippen LogP contribution in [0.5, 0.6) is 11.5 Å². The Balaban J connectivity index is 1.67. The number of nitrogens with one attached hydrogen (secondary N) is 1. The van der Waals surface area contributed by atoms with Crippen LogP contribution in [-0.2, 0) is 22.6 Å². The Morgan fingerprint density at radius 3 is 2.60 bits per heavy atom. The number of carbonyl (C=O) groups is 1. The van der Waals surface area contributed by atoms with Crippen LogP contribution in [-0.4, -0.2) is 44.9 Å². The Morgan fingerprint density at radius 1 is 1.11 bits per heavy atom. The summed E-state index contributed by atoms with van der Waals surface area (Å²) in [7, 11) is 3.20. The minimum atomic E-state index is -0.234. The van der Waals surface area contributed by atoms with E-state index in [0.717, 1.165) is 41.7 Å². The van der Waals surface area contributed by atoms with Crippen molar-refractivity contribution in [2.45, 2.75) is 32.9 Å². The van der Waals surface area contributed by atoms with Crippen LogP contribution in [0.1, 0.15) is 30.9 Å². The standard InChI is InChI=1S/C27H32FN3O4/c1-4-35-27(32)19-9-7-11-31(17-19)26-21(16-29-15-18-8-5-6-10-22(18)28)12-20-13-24(33-2)25(34-3)14-23(20)30-26/h5-6,8,10,12-14,19,29H,4,7,9,11,15-17H2,1-3H3. The first-order chi connectivity index (χ1) is 17.0. The molecular weight excluding hydrogens is 449 g/mol. The van der Waals surface area contributed by atoms with Crippen LogP contribution in [0.15, 0.2) is 42.5 Å². The van der Waals surface area contributed by atoms with Crippen LogP contribution >= 0.6 is 0 Å². The zero-order chi connectivity index (χ0) is 24.8. The first-order valence-corrected chi connectivity index (χ1v) is 11.9. The van der Waals surface area contributed by atoms with Crippen molar-refractivity contribution in [1.29, 1.82) is 0 Å². The molecule has 3 aromatic rings. The van der Waals surface area contributed by atoms with Crippen molar-refractivity contribution < 1.29 is 23.4 Å². The number of esters is 1. The van der Waals surface area contributed by atoms with Crippen molar-refractivity contribution in [3.63, 3.8) is 0 Å². The van der Waals surface area contributed by atoms with Crippen LogP contribution in [0.25, 0.3) is 10.9 Å². The number of carbonyl (C=O) groups excluding carboxylic acids is 1. The highest BCUT2D eigenvalue weighted by atomic mass is 19.1. The molecular formula is C27H32FN3O4. The van der Waals surface area contributed by atoms with E-state index >= 15 is 0 Å². The summed E-state index contributed by atoms with van der Waals surface area (Å²) in [5.74, 6) is 1.45. The molecule has 0 radical (unpaired) electrons. The lowest BCUT2D eigenvalue weighted by atomic mass is 9.97. The average Bonchev–Trinajstić information content (AvgIpc) is 2.88. The Hall–Kier alpha value is -3.39. The number of piperidine rings is 1. The van der Waals surface area contributed by atoms with E-state index in [0.29, 0.717) is 43.3 Å². The molecule has 1 atom stereocenters. The molecule has 7 nitrogen and oxygen atoms in total. The third-order valence-electron chi connectivity index (χ3n) is 6.31. The fourth-order valence-corrected chi connectivity index (χ4v) is 4.53. The van der Waals surface area contributed by atoms with Gasteiger partial charge >= 0.3 is 5.97 Å². The second-order valence-corrected chi connectivity index (χ2v) is 8.60. The molecule has 4 rings (SSSR count). The van der Waals surface area contributed by atoms with Crippen LogP contribution in [0.4, 0.5) is 10.2 Å². The van der Waals surface area contributed by atoms with Crippen LogP contribution < -0.4 is 19.7 Å². The predicted molar refractivity (Wildman–Crippen MR) is 133 cm³/mol. The SMILES string of the molecule is CCOC(=O)C1CCCN(c2nc3cc(OC)c(OC)cc3cc2CNCc2ccccc2F)C1. The van der Waals surface area contributed by atoms with E-state index in [9.17, 15) is 9.18 Å². The second kappa shape index (κ2) is 11.4. The number of pyridine rings is 1. The number of hydrogen-bond donors (Lipinski definition) is 1. The first-order valence-electron chi connectivity index (χ1n) is 11.9. The first kappa shape index (κ1) is 24.7. The average molecular weight is 482 g/mol. The fourth-order valence-electron chi connectivity index (χ4n) is 4.53. The van der Waals surface area contributed by atoms with E-state index < -0.39 is 0 Å². The molecule has 0 saturated carbocycles. The largest absolute Gasteiger partial charge is 0.493 e. The van der Waals surface area contributed by atoms with Crippen molar-refractivity contribution in [2.24, 2.45) is 5.92 Å². The lowest BCUT2D eigenvalue weighted by Gasteiger charge is -2.34. The summed E-state index contributed by atoms with van der Waals surface area (Å²) in [6.45, 7) is 4.41. The zero-order valence-electron chi connectivity index (χ0n) is 20.5. The lowest BCUT2D eigenvalue weighted by Crippen LogP contribution is -2.40. The minimum Gasteiger partial charge on any atom is -0.493 e. The monoisotopic (exact) mass is 481 g/mol. The van der Waals surface area contributed by atoms with Crippen molar-refractivity contribution in [1.82, 2.24) is 10.3 Å². The smallest absolute Gasteiger partial charge is 0.310 e. The number of anilines is 1. The molecule has 0 spiro atoms. The maximum atomic E-state index is 14.1. The number of rotatable bonds is 9. The van der Waals surface area contributed by atoms with Crippen molar-refractivity contribution >= 4 is 22.7 Å². The van der Waals surface area contributed by atoms with Gasteiger partial charge in [0, 0.05) is 48.8 Å². The summed E-state index contributed by atoms with van der Waals surface area (Å²) in [4.78, 5) is 19.6. The van der Waals surface area contributed by atoms with E-state index in [1.165, 1.54) is 6.07 Å². The number of nitrogens with zero attached hydrogens (tertiary/aromatic N) is 2. The normalized spacial score (nSPS) is 15.8. The molecule has 1 aliphatic heterocycles. The van der Waals surface area contributed by atoms with Gasteiger partial charge in [0.05, 0.1) is 32.3 Å². The highest BCUT2D eigenvalue weighted by molar-refractivity contribution is 5.85. The van der Waals surface area contributed by atoms with Gasteiger partial charge in [-0.2, -0.15) is 0 Å². The highest BCUT2D eigenvalue weighted by Gasteiger charge is 2.29. The van der Waals surface area contributed by atoms with E-state index in [1.807, 2.05) is 25.1 Å². The van der Waals surface area contributed by atoms with Gasteiger partial charge < -0.3 is 24.4 Å². The maximum Gasteiger partial charge on any atom is 0.310 e. The zero-order valence-corrected chi connectivity index (χ0v) is 20.5. The molecule has 8 heteroatoms. The van der Waals surface area contributed by atoms with Gasteiger partial charge in [0.25, 0.3) is 0 Å². The van der Waals surface area contributed by atoms with Gasteiger partial charge in [-0.3, -0.25) is 4.79 Å². The summed E-state index contributed by atoms with van der Waals surface area (Å²) in [6, 6.07) is 12.6. The van der Waals surface area contributed by atoms with E-state index in [1.54, 1.807) is 26.4 Å². The third kappa shape index (κ3) is 5.65. The molecule has 1 saturated heterocycles. The molecule has 2 heterocycles. The molecule has 0 amide bonds. The van der Waals surface area contributed by atoms with Gasteiger partial charge in [-0.25, -0.2) is 9.37 Å². The van der Waals surface area contributed by atoms with Crippen molar-refractivity contribution in [3.05, 3.63) is 59.4 Å². The Morgan fingerprint density at radius 2 is 1.86 bits per heavy atom. The van der Waals surface area contributed by atoms with E-state index in [2.05, 4.69) is 16.3 Å². The Kier molecular flexibility index (Phi) is 8.02. The van der Waals surface area contributed by atoms with Crippen molar-refractivity contribution in [3.8, 4) is 11.5 Å². The predicted octanol–water partition coefficient (Wildman–Crippen LogP) is 4.46. The second-order valence-electron chi connectivity index (χ2n) is 8.60. The molecule has 0 bridgehead atoms. The highest BCUT2D eigenvalue weighted by Crippen LogP contribution is 2.35. The number of aromatic nitrogens is 1. The molecule has 186 valence electrons. The van der Waals surface area contributed by atoms with E-state index in [4.69, 9.17) is 19.2 Å². The summed E-state index contributed by atoms with van der Waals surface area (Å²) >= 11 is 0. The number of halogens is 1. The summed E-state index contributed by atoms with van der Waals surface area (Å²) < 4.78 is 30.3. The Labute approximate surface area is 205 Å².